The maximum Gasteiger partial charge on any atom is 0.274 e. The molecule has 4 aromatic rings. The van der Waals surface area contributed by atoms with Crippen LogP contribution in [0, 0.1) is 0 Å². The molecule has 0 bridgehead atoms. The van der Waals surface area contributed by atoms with Gasteiger partial charge in [0.1, 0.15) is 0 Å². The fourth-order valence-corrected chi connectivity index (χ4v) is 3.97. The van der Waals surface area contributed by atoms with Crippen molar-refractivity contribution in [2.45, 2.75) is 0 Å². The number of hydrogen-bond acceptors (Lipinski definition) is 4. The number of amides is 1. The molecule has 1 heterocycles. The van der Waals surface area contributed by atoms with Gasteiger partial charge in [0.15, 0.2) is 11.5 Å². The van der Waals surface area contributed by atoms with Gasteiger partial charge in [-0.25, -0.2) is 4.98 Å². The first-order chi connectivity index (χ1) is 14.6. The molecule has 146 valence electrons. The summed E-state index contributed by atoms with van der Waals surface area (Å²) in [4.78, 5) is 32.5. The summed E-state index contributed by atoms with van der Waals surface area (Å²) in [6.07, 6.45) is 0. The van der Waals surface area contributed by atoms with E-state index in [1.165, 1.54) is 4.90 Å². The Bertz CT molecular complexity index is 1330. The first-order valence-corrected chi connectivity index (χ1v) is 9.71. The van der Waals surface area contributed by atoms with Crippen molar-refractivity contribution in [3.63, 3.8) is 0 Å². The fraction of sp³-hybridized carbons (Fsp3) is 0.0800. The van der Waals surface area contributed by atoms with Crippen molar-refractivity contribution in [2.24, 2.45) is 0 Å². The second-order valence-electron chi connectivity index (χ2n) is 7.48. The average molecular weight is 393 g/mol. The molecule has 1 aromatic heterocycles. The Morgan fingerprint density at radius 1 is 0.833 bits per heavy atom. The average Bonchev–Trinajstić information content (AvgIpc) is 2.77. The summed E-state index contributed by atoms with van der Waals surface area (Å²) in [5, 5.41) is 4.19. The SMILES string of the molecule is CN(C)C(=O)c1nc2cccc3c2c(c1Nc1ccccc1)-c1ccccc1C3=O. The van der Waals surface area contributed by atoms with Crippen molar-refractivity contribution >= 4 is 34.0 Å². The summed E-state index contributed by atoms with van der Waals surface area (Å²) < 4.78 is 0. The number of aromatic nitrogens is 1. The lowest BCUT2D eigenvalue weighted by Gasteiger charge is -2.25. The third-order valence-corrected chi connectivity index (χ3v) is 5.35. The summed E-state index contributed by atoms with van der Waals surface area (Å²) in [5.41, 5.74) is 5.28. The first kappa shape index (κ1) is 18.1. The lowest BCUT2D eigenvalue weighted by atomic mass is 9.82. The predicted octanol–water partition coefficient (Wildman–Crippen LogP) is 4.89. The lowest BCUT2D eigenvalue weighted by Crippen LogP contribution is -2.25. The van der Waals surface area contributed by atoms with E-state index in [2.05, 4.69) is 5.32 Å². The molecule has 1 N–H and O–H groups in total. The summed E-state index contributed by atoms with van der Waals surface area (Å²) in [5.74, 6) is -0.228. The molecule has 5 nitrogen and oxygen atoms in total. The van der Waals surface area contributed by atoms with Crippen LogP contribution in [0.3, 0.4) is 0 Å². The van der Waals surface area contributed by atoms with E-state index in [9.17, 15) is 9.59 Å². The van der Waals surface area contributed by atoms with Crippen LogP contribution in [-0.2, 0) is 0 Å². The number of carbonyl (C=O) groups is 2. The van der Waals surface area contributed by atoms with Gasteiger partial charge < -0.3 is 10.2 Å². The van der Waals surface area contributed by atoms with Crippen LogP contribution >= 0.6 is 0 Å². The van der Waals surface area contributed by atoms with Gasteiger partial charge in [-0.1, -0.05) is 54.6 Å². The Kier molecular flexibility index (Phi) is 4.10. The van der Waals surface area contributed by atoms with Crippen LogP contribution in [0.1, 0.15) is 26.4 Å². The Morgan fingerprint density at radius 3 is 2.23 bits per heavy atom. The number of rotatable bonds is 3. The van der Waals surface area contributed by atoms with E-state index in [-0.39, 0.29) is 11.7 Å². The monoisotopic (exact) mass is 393 g/mol. The molecule has 0 atom stereocenters. The second-order valence-corrected chi connectivity index (χ2v) is 7.48. The van der Waals surface area contributed by atoms with E-state index in [0.29, 0.717) is 28.0 Å². The number of anilines is 2. The number of fused-ring (bicyclic) bond motifs is 2. The third-order valence-electron chi connectivity index (χ3n) is 5.35. The molecule has 3 aromatic carbocycles. The number of ketones is 1. The molecule has 0 fully saturated rings. The van der Waals surface area contributed by atoms with Crippen LogP contribution in [0.4, 0.5) is 11.4 Å². The number of nitrogens with one attached hydrogen (secondary N) is 1. The van der Waals surface area contributed by atoms with Crippen molar-refractivity contribution in [3.8, 4) is 11.1 Å². The van der Waals surface area contributed by atoms with Crippen molar-refractivity contribution < 1.29 is 9.59 Å². The molecule has 0 aliphatic heterocycles. The highest BCUT2D eigenvalue weighted by atomic mass is 16.2. The van der Waals surface area contributed by atoms with E-state index in [1.807, 2.05) is 72.8 Å². The number of para-hydroxylation sites is 1. The Hall–Kier alpha value is -3.99. The second kappa shape index (κ2) is 6.81. The van der Waals surface area contributed by atoms with Crippen LogP contribution in [0.15, 0.2) is 72.8 Å². The number of nitrogens with zero attached hydrogens (tertiary/aromatic N) is 2. The minimum atomic E-state index is -0.202. The van der Waals surface area contributed by atoms with Gasteiger partial charge >= 0.3 is 0 Å². The third kappa shape index (κ3) is 2.67. The zero-order chi connectivity index (χ0) is 20.8. The summed E-state index contributed by atoms with van der Waals surface area (Å²) in [7, 11) is 3.42. The molecule has 1 aliphatic carbocycles. The number of pyridine rings is 1. The van der Waals surface area contributed by atoms with Crippen LogP contribution in [0.25, 0.3) is 22.0 Å². The molecular weight excluding hydrogens is 374 g/mol. The standard InChI is InChI=1S/C25H19N3O2/c1-28(2)25(30)23-22(26-15-9-4-3-5-10-15)21-16-11-6-7-12-17(16)24(29)18-13-8-14-19(27-23)20(18)21/h3-14,26H,1-2H3. The van der Waals surface area contributed by atoms with E-state index >= 15 is 0 Å². The van der Waals surface area contributed by atoms with E-state index in [0.717, 1.165) is 22.2 Å². The summed E-state index contributed by atoms with van der Waals surface area (Å²) >= 11 is 0. The highest BCUT2D eigenvalue weighted by Crippen LogP contribution is 2.45. The maximum absolute atomic E-state index is 13.2. The molecule has 5 heteroatoms. The van der Waals surface area contributed by atoms with Gasteiger partial charge in [-0.15, -0.1) is 0 Å². The van der Waals surface area contributed by atoms with Gasteiger partial charge in [0.05, 0.1) is 11.2 Å². The van der Waals surface area contributed by atoms with Crippen LogP contribution in [0.5, 0.6) is 0 Å². The molecule has 30 heavy (non-hydrogen) atoms. The van der Waals surface area contributed by atoms with Gasteiger partial charge in [0.2, 0.25) is 0 Å². The van der Waals surface area contributed by atoms with Crippen molar-refractivity contribution in [1.82, 2.24) is 9.88 Å². The summed E-state index contributed by atoms with van der Waals surface area (Å²) in [6.45, 7) is 0. The summed E-state index contributed by atoms with van der Waals surface area (Å²) in [6, 6.07) is 22.7. The van der Waals surface area contributed by atoms with E-state index in [1.54, 1.807) is 14.1 Å². The number of carbonyl (C=O) groups excluding carboxylic acids is 2. The molecule has 5 rings (SSSR count). The lowest BCUT2D eigenvalue weighted by molar-refractivity contribution is 0.0823. The Morgan fingerprint density at radius 2 is 1.50 bits per heavy atom. The van der Waals surface area contributed by atoms with Crippen LogP contribution in [-0.4, -0.2) is 35.7 Å². The highest BCUT2D eigenvalue weighted by molar-refractivity contribution is 6.28. The van der Waals surface area contributed by atoms with Crippen molar-refractivity contribution in [1.29, 1.82) is 0 Å². The van der Waals surface area contributed by atoms with Crippen molar-refractivity contribution in [3.05, 3.63) is 89.6 Å². The zero-order valence-electron chi connectivity index (χ0n) is 16.6. The largest absolute Gasteiger partial charge is 0.353 e. The number of benzene rings is 3. The Labute approximate surface area is 174 Å². The van der Waals surface area contributed by atoms with Crippen molar-refractivity contribution in [2.75, 3.05) is 19.4 Å². The Balaban J connectivity index is 1.92. The molecule has 1 aliphatic rings. The molecule has 0 spiro atoms. The molecule has 0 saturated carbocycles. The fourth-order valence-electron chi connectivity index (χ4n) is 3.97. The molecule has 0 radical (unpaired) electrons. The molecular formula is C25H19N3O2. The van der Waals surface area contributed by atoms with E-state index in [4.69, 9.17) is 4.98 Å². The van der Waals surface area contributed by atoms with Gasteiger partial charge in [-0.3, -0.25) is 9.59 Å². The first-order valence-electron chi connectivity index (χ1n) is 9.71. The van der Waals surface area contributed by atoms with Crippen LogP contribution < -0.4 is 5.32 Å². The highest BCUT2D eigenvalue weighted by Gasteiger charge is 2.31. The van der Waals surface area contributed by atoms with E-state index < -0.39 is 0 Å². The topological polar surface area (TPSA) is 62.3 Å². The normalized spacial score (nSPS) is 11.9. The predicted molar refractivity (Wildman–Crippen MR) is 118 cm³/mol. The molecule has 0 unspecified atom stereocenters. The quantitative estimate of drug-likeness (QED) is 0.474. The number of hydrogen-bond donors (Lipinski definition) is 1. The van der Waals surface area contributed by atoms with Gasteiger partial charge in [0.25, 0.3) is 5.91 Å². The molecule has 1 amide bonds. The smallest absolute Gasteiger partial charge is 0.274 e. The van der Waals surface area contributed by atoms with Crippen LogP contribution in [0.2, 0.25) is 0 Å². The van der Waals surface area contributed by atoms with Gasteiger partial charge in [-0.2, -0.15) is 0 Å². The maximum atomic E-state index is 13.2. The zero-order valence-corrected chi connectivity index (χ0v) is 16.6. The minimum absolute atomic E-state index is 0.0251. The molecule has 0 saturated heterocycles. The minimum Gasteiger partial charge on any atom is -0.353 e. The van der Waals surface area contributed by atoms with Gasteiger partial charge in [-0.05, 0) is 23.8 Å². The van der Waals surface area contributed by atoms with Gasteiger partial charge in [0, 0.05) is 41.9 Å².